The predicted molar refractivity (Wildman–Crippen MR) is 91.9 cm³/mol. The molecule has 0 saturated carbocycles. The molecule has 0 N–H and O–H groups in total. The van der Waals surface area contributed by atoms with E-state index in [1.807, 2.05) is 6.92 Å². The van der Waals surface area contributed by atoms with Crippen LogP contribution in [0.2, 0.25) is 0 Å². The van der Waals surface area contributed by atoms with Crippen LogP contribution < -0.4 is 4.74 Å². The van der Waals surface area contributed by atoms with Crippen LogP contribution in [0.25, 0.3) is 0 Å². The quantitative estimate of drug-likeness (QED) is 0.338. The van der Waals surface area contributed by atoms with E-state index >= 15 is 0 Å². The summed E-state index contributed by atoms with van der Waals surface area (Å²) in [5, 5.41) is 7.28. The number of ether oxygens (including phenoxy) is 2. The van der Waals surface area contributed by atoms with E-state index < -0.39 is 36.0 Å². The lowest BCUT2D eigenvalue weighted by molar-refractivity contribution is -0.143. The SMILES string of the molecule is CCCCOc1c(C(=O)OCC)nnn1Cc1cc(C(F)(F)F)cc(C(F)(F)F)c1. The topological polar surface area (TPSA) is 66.2 Å². The molecule has 1 aromatic carbocycles. The van der Waals surface area contributed by atoms with E-state index in [0.717, 1.165) is 11.1 Å². The number of unbranched alkanes of at least 4 members (excludes halogenated alkanes) is 1. The molecule has 0 fully saturated rings. The molecule has 166 valence electrons. The van der Waals surface area contributed by atoms with Crippen LogP contribution in [0.4, 0.5) is 26.3 Å². The van der Waals surface area contributed by atoms with Gasteiger partial charge in [-0.1, -0.05) is 18.6 Å². The fourth-order valence-corrected chi connectivity index (χ4v) is 2.47. The van der Waals surface area contributed by atoms with Gasteiger partial charge in [0.15, 0.2) is 0 Å². The van der Waals surface area contributed by atoms with Crippen LogP contribution in [0.1, 0.15) is 53.9 Å². The molecule has 0 aliphatic heterocycles. The Morgan fingerprint density at radius 1 is 1.03 bits per heavy atom. The second-order valence-corrected chi connectivity index (χ2v) is 6.24. The highest BCUT2D eigenvalue weighted by atomic mass is 19.4. The van der Waals surface area contributed by atoms with Gasteiger partial charge in [-0.15, -0.1) is 5.10 Å². The molecule has 0 aliphatic carbocycles. The third-order valence-corrected chi connectivity index (χ3v) is 3.87. The zero-order valence-corrected chi connectivity index (χ0v) is 16.1. The van der Waals surface area contributed by atoms with Crippen molar-refractivity contribution in [3.8, 4) is 5.88 Å². The molecule has 1 heterocycles. The Morgan fingerprint density at radius 2 is 1.63 bits per heavy atom. The van der Waals surface area contributed by atoms with E-state index in [-0.39, 0.29) is 36.4 Å². The summed E-state index contributed by atoms with van der Waals surface area (Å²) in [7, 11) is 0. The first-order chi connectivity index (χ1) is 14.0. The number of rotatable bonds is 8. The number of hydrogen-bond donors (Lipinski definition) is 0. The number of halogens is 6. The number of aromatic nitrogens is 3. The van der Waals surface area contributed by atoms with Crippen molar-refractivity contribution < 1.29 is 40.6 Å². The third-order valence-electron chi connectivity index (χ3n) is 3.87. The summed E-state index contributed by atoms with van der Waals surface area (Å²) in [6.45, 7) is 3.09. The molecule has 0 amide bonds. The van der Waals surface area contributed by atoms with Crippen molar-refractivity contribution in [2.24, 2.45) is 0 Å². The van der Waals surface area contributed by atoms with Gasteiger partial charge < -0.3 is 9.47 Å². The summed E-state index contributed by atoms with van der Waals surface area (Å²) in [6.07, 6.45) is -8.61. The molecule has 0 radical (unpaired) electrons. The summed E-state index contributed by atoms with van der Waals surface area (Å²) in [6, 6.07) is 1.20. The molecule has 2 aromatic rings. The van der Waals surface area contributed by atoms with E-state index in [1.54, 1.807) is 6.92 Å². The van der Waals surface area contributed by atoms with Crippen LogP contribution in [0.15, 0.2) is 18.2 Å². The molecule has 0 spiro atoms. The second-order valence-electron chi connectivity index (χ2n) is 6.24. The Balaban J connectivity index is 2.46. The lowest BCUT2D eigenvalue weighted by Crippen LogP contribution is -2.14. The van der Waals surface area contributed by atoms with Gasteiger partial charge in [0.25, 0.3) is 0 Å². The van der Waals surface area contributed by atoms with E-state index in [0.29, 0.717) is 18.6 Å². The summed E-state index contributed by atoms with van der Waals surface area (Å²) in [4.78, 5) is 12.0. The molecule has 0 atom stereocenters. The zero-order valence-electron chi connectivity index (χ0n) is 16.1. The highest BCUT2D eigenvalue weighted by Gasteiger charge is 2.37. The minimum absolute atomic E-state index is 0.0304. The minimum atomic E-state index is -4.98. The maximum absolute atomic E-state index is 13.1. The van der Waals surface area contributed by atoms with Crippen molar-refractivity contribution in [3.63, 3.8) is 0 Å². The van der Waals surface area contributed by atoms with Crippen LogP contribution in [-0.2, 0) is 23.6 Å². The van der Waals surface area contributed by atoms with Crippen LogP contribution >= 0.6 is 0 Å². The van der Waals surface area contributed by atoms with Crippen molar-refractivity contribution >= 4 is 5.97 Å². The lowest BCUT2D eigenvalue weighted by Gasteiger charge is -2.15. The third kappa shape index (κ3) is 5.86. The Morgan fingerprint density at radius 3 is 2.13 bits per heavy atom. The van der Waals surface area contributed by atoms with Gasteiger partial charge in [0, 0.05) is 0 Å². The van der Waals surface area contributed by atoms with Crippen molar-refractivity contribution in [3.05, 3.63) is 40.6 Å². The van der Waals surface area contributed by atoms with Crippen molar-refractivity contribution in [1.82, 2.24) is 15.0 Å². The number of carbonyl (C=O) groups excluding carboxylic acids is 1. The van der Waals surface area contributed by atoms with Gasteiger partial charge in [-0.25, -0.2) is 9.48 Å². The maximum Gasteiger partial charge on any atom is 0.416 e. The molecule has 2 rings (SSSR count). The molecule has 1 aromatic heterocycles. The minimum Gasteiger partial charge on any atom is -0.476 e. The van der Waals surface area contributed by atoms with Gasteiger partial charge in [0.2, 0.25) is 11.6 Å². The number of carbonyl (C=O) groups is 1. The Hall–Kier alpha value is -2.79. The smallest absolute Gasteiger partial charge is 0.416 e. The van der Waals surface area contributed by atoms with Gasteiger partial charge in [-0.05, 0) is 37.1 Å². The van der Waals surface area contributed by atoms with Crippen molar-refractivity contribution in [1.29, 1.82) is 0 Å². The second kappa shape index (κ2) is 9.35. The highest BCUT2D eigenvalue weighted by molar-refractivity contribution is 5.89. The average Bonchev–Trinajstić information content (AvgIpc) is 3.03. The first-order valence-electron chi connectivity index (χ1n) is 8.99. The predicted octanol–water partition coefficient (Wildman–Crippen LogP) is 4.72. The van der Waals surface area contributed by atoms with Crippen molar-refractivity contribution in [2.45, 2.75) is 45.6 Å². The van der Waals surface area contributed by atoms with E-state index in [1.165, 1.54) is 0 Å². The largest absolute Gasteiger partial charge is 0.476 e. The van der Waals surface area contributed by atoms with Gasteiger partial charge in [0.05, 0.1) is 30.9 Å². The Labute approximate surface area is 167 Å². The van der Waals surface area contributed by atoms with Crippen LogP contribution in [0.5, 0.6) is 5.88 Å². The molecular weight excluding hydrogens is 420 g/mol. The Kier molecular flexibility index (Phi) is 7.32. The van der Waals surface area contributed by atoms with Crippen LogP contribution in [0.3, 0.4) is 0 Å². The van der Waals surface area contributed by atoms with Gasteiger partial charge >= 0.3 is 18.3 Å². The molecule has 0 bridgehead atoms. The van der Waals surface area contributed by atoms with Gasteiger partial charge in [-0.2, -0.15) is 26.3 Å². The van der Waals surface area contributed by atoms with Crippen LogP contribution in [-0.4, -0.2) is 34.2 Å². The number of nitrogens with zero attached hydrogens (tertiary/aromatic N) is 3. The highest BCUT2D eigenvalue weighted by Crippen LogP contribution is 2.36. The Bertz CT molecular complexity index is 845. The average molecular weight is 439 g/mol. The fourth-order valence-electron chi connectivity index (χ4n) is 2.47. The zero-order chi connectivity index (χ0) is 22.5. The van der Waals surface area contributed by atoms with Gasteiger partial charge in [0.1, 0.15) is 0 Å². The van der Waals surface area contributed by atoms with Crippen LogP contribution in [0, 0.1) is 0 Å². The van der Waals surface area contributed by atoms with Gasteiger partial charge in [-0.3, -0.25) is 0 Å². The molecule has 12 heteroatoms. The summed E-state index contributed by atoms with van der Waals surface area (Å²) < 4.78 is 89.6. The van der Waals surface area contributed by atoms with E-state index in [9.17, 15) is 31.1 Å². The van der Waals surface area contributed by atoms with Crippen molar-refractivity contribution in [2.75, 3.05) is 13.2 Å². The molecule has 0 aliphatic rings. The number of hydrogen-bond acceptors (Lipinski definition) is 5. The molecule has 6 nitrogen and oxygen atoms in total. The molecule has 0 saturated heterocycles. The summed E-state index contributed by atoms with van der Waals surface area (Å²) >= 11 is 0. The monoisotopic (exact) mass is 439 g/mol. The number of alkyl halides is 6. The normalized spacial score (nSPS) is 12.1. The first kappa shape index (κ1) is 23.5. The van der Waals surface area contributed by atoms with E-state index in [2.05, 4.69) is 10.3 Å². The first-order valence-corrected chi connectivity index (χ1v) is 8.99. The number of esters is 1. The summed E-state index contributed by atoms with van der Waals surface area (Å²) in [5.41, 5.74) is -3.55. The molecule has 0 unspecified atom stereocenters. The standard InChI is InChI=1S/C18H19F6N3O3/c1-3-5-6-30-15-14(16(28)29-4-2)25-26-27(15)10-11-7-12(17(19,20)21)9-13(8-11)18(22,23)24/h7-9H,3-6,10H2,1-2H3. The maximum atomic E-state index is 13.1. The lowest BCUT2D eigenvalue weighted by atomic mass is 10.0. The molecular formula is C18H19F6N3O3. The number of benzene rings is 1. The van der Waals surface area contributed by atoms with E-state index in [4.69, 9.17) is 9.47 Å². The molecule has 30 heavy (non-hydrogen) atoms. The fraction of sp³-hybridized carbons (Fsp3) is 0.500. The summed E-state index contributed by atoms with van der Waals surface area (Å²) in [5.74, 6) is -1.05.